The van der Waals surface area contributed by atoms with Crippen LogP contribution in [-0.2, 0) is 27.3 Å². The van der Waals surface area contributed by atoms with Gasteiger partial charge in [-0.1, -0.05) is 44.5 Å². The predicted octanol–water partition coefficient (Wildman–Crippen LogP) is 6.56. The molecule has 0 heterocycles. The van der Waals surface area contributed by atoms with Crippen LogP contribution in [0.25, 0.3) is 0 Å². The minimum Gasteiger partial charge on any atom is -0.493 e. The van der Waals surface area contributed by atoms with Crippen LogP contribution in [-0.4, -0.2) is 51.3 Å². The number of carbonyl (C=O) groups excluding carboxylic acids is 3. The molecule has 0 spiro atoms. The average Bonchev–Trinajstić information content (AvgIpc) is 3.08. The third kappa shape index (κ3) is 10.3. The Kier molecular flexibility index (Phi) is 12.9. The summed E-state index contributed by atoms with van der Waals surface area (Å²) in [6.07, 6.45) is 4.31. The quantitative estimate of drug-likeness (QED) is 0.148. The highest BCUT2D eigenvalue weighted by atomic mass is 16.5. The fourth-order valence-corrected chi connectivity index (χ4v) is 5.37. The number of benzene rings is 3. The van der Waals surface area contributed by atoms with E-state index in [-0.39, 0.29) is 35.0 Å². The first kappa shape index (κ1) is 34.3. The van der Waals surface area contributed by atoms with Gasteiger partial charge >= 0.3 is 11.9 Å². The van der Waals surface area contributed by atoms with Gasteiger partial charge in [0, 0.05) is 6.04 Å². The summed E-state index contributed by atoms with van der Waals surface area (Å²) < 4.78 is 27.5. The van der Waals surface area contributed by atoms with Crippen molar-refractivity contribution in [2.75, 3.05) is 27.4 Å². The molecule has 1 fully saturated rings. The second-order valence-corrected chi connectivity index (χ2v) is 12.0. The summed E-state index contributed by atoms with van der Waals surface area (Å²) in [5.74, 6) is 1.11. The molecule has 1 N–H and O–H groups in total. The van der Waals surface area contributed by atoms with Gasteiger partial charge in [-0.05, 0) is 91.6 Å². The van der Waals surface area contributed by atoms with Crippen molar-refractivity contribution in [1.29, 1.82) is 0 Å². The van der Waals surface area contributed by atoms with Crippen molar-refractivity contribution < 1.29 is 38.1 Å². The molecule has 3 aromatic rings. The molecule has 46 heavy (non-hydrogen) atoms. The lowest BCUT2D eigenvalue weighted by molar-refractivity contribution is -0.146. The number of rotatable bonds is 15. The van der Waals surface area contributed by atoms with E-state index in [0.29, 0.717) is 44.3 Å². The standard InChI is InChI=1S/C37H45NO8/c1-25(2)23-45-31-17-12-27(13-18-31)24-46-32-15-10-26(11-16-32)7-6-20-44-34-19-14-29(37(41)43-4)22-33(34)35(39)38-30-9-5-8-28(21-30)36(40)42-3/h10-19,22,25,28,30H,5-9,20-21,23-24H2,1-4H3,(H,38,39). The lowest BCUT2D eigenvalue weighted by Gasteiger charge is -2.28. The third-order valence-electron chi connectivity index (χ3n) is 7.89. The number of amides is 1. The fraction of sp³-hybridized carbons (Fsp3) is 0.432. The molecule has 9 nitrogen and oxygen atoms in total. The zero-order valence-corrected chi connectivity index (χ0v) is 27.2. The Morgan fingerprint density at radius 1 is 0.826 bits per heavy atom. The van der Waals surface area contributed by atoms with Crippen LogP contribution in [0, 0.1) is 11.8 Å². The van der Waals surface area contributed by atoms with Crippen molar-refractivity contribution >= 4 is 17.8 Å². The van der Waals surface area contributed by atoms with Crippen LogP contribution in [0.15, 0.2) is 66.7 Å². The van der Waals surface area contributed by atoms with Crippen LogP contribution in [0.2, 0.25) is 0 Å². The molecule has 1 aliphatic carbocycles. The zero-order valence-electron chi connectivity index (χ0n) is 27.2. The van der Waals surface area contributed by atoms with Crippen LogP contribution >= 0.6 is 0 Å². The van der Waals surface area contributed by atoms with E-state index in [2.05, 4.69) is 19.2 Å². The van der Waals surface area contributed by atoms with Crippen LogP contribution in [0.4, 0.5) is 0 Å². The van der Waals surface area contributed by atoms with Crippen molar-refractivity contribution in [3.8, 4) is 17.2 Å². The molecular weight excluding hydrogens is 586 g/mol. The van der Waals surface area contributed by atoms with Gasteiger partial charge in [0.05, 0.1) is 44.5 Å². The number of nitrogens with one attached hydrogen (secondary N) is 1. The van der Waals surface area contributed by atoms with Gasteiger partial charge in [-0.25, -0.2) is 4.79 Å². The number of ether oxygens (including phenoxy) is 5. The zero-order chi connectivity index (χ0) is 32.9. The summed E-state index contributed by atoms with van der Waals surface area (Å²) in [7, 11) is 2.67. The maximum absolute atomic E-state index is 13.4. The van der Waals surface area contributed by atoms with Crippen molar-refractivity contribution in [1.82, 2.24) is 5.32 Å². The molecule has 246 valence electrons. The molecule has 2 unspecified atom stereocenters. The van der Waals surface area contributed by atoms with E-state index in [9.17, 15) is 14.4 Å². The molecule has 1 amide bonds. The van der Waals surface area contributed by atoms with Crippen LogP contribution in [0.5, 0.6) is 17.2 Å². The van der Waals surface area contributed by atoms with E-state index in [4.69, 9.17) is 23.7 Å². The Hall–Kier alpha value is -4.53. The minimum absolute atomic E-state index is 0.179. The Morgan fingerprint density at radius 3 is 2.20 bits per heavy atom. The van der Waals surface area contributed by atoms with Crippen molar-refractivity contribution in [2.45, 2.75) is 65.0 Å². The van der Waals surface area contributed by atoms with Crippen molar-refractivity contribution in [3.05, 3.63) is 89.0 Å². The molecule has 9 heteroatoms. The van der Waals surface area contributed by atoms with Gasteiger partial charge in [0.15, 0.2) is 0 Å². The molecule has 1 saturated carbocycles. The number of hydrogen-bond donors (Lipinski definition) is 1. The first-order valence-electron chi connectivity index (χ1n) is 15.9. The molecule has 0 radical (unpaired) electrons. The molecule has 0 saturated heterocycles. The SMILES string of the molecule is COC(=O)c1ccc(OCCCc2ccc(OCc3ccc(OCC(C)C)cc3)cc2)c(C(=O)NC2CCCC(C(=O)OC)C2)c1. The maximum Gasteiger partial charge on any atom is 0.337 e. The smallest absolute Gasteiger partial charge is 0.337 e. The fourth-order valence-electron chi connectivity index (χ4n) is 5.37. The van der Waals surface area contributed by atoms with E-state index in [1.165, 1.54) is 20.3 Å². The number of aryl methyl sites for hydroxylation is 1. The lowest BCUT2D eigenvalue weighted by Crippen LogP contribution is -2.40. The van der Waals surface area contributed by atoms with Gasteiger partial charge in [0.2, 0.25) is 0 Å². The van der Waals surface area contributed by atoms with E-state index >= 15 is 0 Å². The summed E-state index contributed by atoms with van der Waals surface area (Å²) in [6, 6.07) is 20.5. The van der Waals surface area contributed by atoms with E-state index < -0.39 is 5.97 Å². The topological polar surface area (TPSA) is 109 Å². The number of esters is 2. The Bertz CT molecular complexity index is 1430. The highest BCUT2D eigenvalue weighted by Gasteiger charge is 2.29. The summed E-state index contributed by atoms with van der Waals surface area (Å²) in [4.78, 5) is 37.6. The van der Waals surface area contributed by atoms with Gasteiger partial charge in [-0.15, -0.1) is 0 Å². The molecule has 2 atom stereocenters. The Morgan fingerprint density at radius 2 is 1.52 bits per heavy atom. The van der Waals surface area contributed by atoms with Crippen molar-refractivity contribution in [2.24, 2.45) is 11.8 Å². The largest absolute Gasteiger partial charge is 0.493 e. The summed E-state index contributed by atoms with van der Waals surface area (Å²) in [5.41, 5.74) is 2.71. The first-order valence-corrected chi connectivity index (χ1v) is 15.9. The Labute approximate surface area is 271 Å². The summed E-state index contributed by atoms with van der Waals surface area (Å²) in [5, 5.41) is 3.03. The van der Waals surface area contributed by atoms with E-state index in [1.54, 1.807) is 12.1 Å². The average molecular weight is 632 g/mol. The molecule has 3 aromatic carbocycles. The lowest BCUT2D eigenvalue weighted by atomic mass is 9.85. The minimum atomic E-state index is -0.541. The number of carbonyl (C=O) groups is 3. The van der Waals surface area contributed by atoms with Gasteiger partial charge < -0.3 is 29.0 Å². The summed E-state index contributed by atoms with van der Waals surface area (Å²) in [6.45, 7) is 5.78. The van der Waals surface area contributed by atoms with Crippen LogP contribution in [0.3, 0.4) is 0 Å². The first-order chi connectivity index (χ1) is 22.2. The second kappa shape index (κ2) is 17.2. The van der Waals surface area contributed by atoms with Gasteiger partial charge in [-0.3, -0.25) is 9.59 Å². The van der Waals surface area contributed by atoms with E-state index in [1.807, 2.05) is 48.5 Å². The predicted molar refractivity (Wildman–Crippen MR) is 174 cm³/mol. The molecule has 0 aliphatic heterocycles. The van der Waals surface area contributed by atoms with E-state index in [0.717, 1.165) is 48.3 Å². The summed E-state index contributed by atoms with van der Waals surface area (Å²) >= 11 is 0. The van der Waals surface area contributed by atoms with Crippen LogP contribution in [0.1, 0.15) is 77.8 Å². The highest BCUT2D eigenvalue weighted by molar-refractivity contribution is 6.00. The molecule has 0 bridgehead atoms. The normalized spacial score (nSPS) is 15.9. The molecular formula is C37H45NO8. The van der Waals surface area contributed by atoms with Gasteiger partial charge in [0.25, 0.3) is 5.91 Å². The molecule has 4 rings (SSSR count). The van der Waals surface area contributed by atoms with Crippen LogP contribution < -0.4 is 19.5 Å². The third-order valence-corrected chi connectivity index (χ3v) is 7.89. The highest BCUT2D eigenvalue weighted by Crippen LogP contribution is 2.27. The van der Waals surface area contributed by atoms with Gasteiger partial charge in [0.1, 0.15) is 23.9 Å². The number of methoxy groups -OCH3 is 2. The van der Waals surface area contributed by atoms with Crippen molar-refractivity contribution in [3.63, 3.8) is 0 Å². The number of hydrogen-bond acceptors (Lipinski definition) is 8. The van der Waals surface area contributed by atoms with Gasteiger partial charge in [-0.2, -0.15) is 0 Å². The molecule has 0 aromatic heterocycles. The maximum atomic E-state index is 13.4. The second-order valence-electron chi connectivity index (χ2n) is 12.0. The Balaban J connectivity index is 1.28. The molecule has 1 aliphatic rings. The monoisotopic (exact) mass is 631 g/mol.